The van der Waals surface area contributed by atoms with Crippen molar-refractivity contribution in [1.82, 2.24) is 20.2 Å². The van der Waals surface area contributed by atoms with Gasteiger partial charge in [0.15, 0.2) is 0 Å². The van der Waals surface area contributed by atoms with Crippen molar-refractivity contribution in [3.05, 3.63) is 59.2 Å². The summed E-state index contributed by atoms with van der Waals surface area (Å²) in [4.78, 5) is 37.1. The molecule has 4 bridgehead atoms. The summed E-state index contributed by atoms with van der Waals surface area (Å²) < 4.78 is 0. The van der Waals surface area contributed by atoms with Gasteiger partial charge in [0, 0.05) is 35.7 Å². The van der Waals surface area contributed by atoms with Gasteiger partial charge in [0.25, 0.3) is 11.8 Å². The molecule has 0 aromatic carbocycles. The number of aryl methyl sites for hydroxylation is 1. The summed E-state index contributed by atoms with van der Waals surface area (Å²) in [6.45, 7) is 2.57. The van der Waals surface area contributed by atoms with Crippen LogP contribution < -0.4 is 5.32 Å². The maximum atomic E-state index is 13.3. The number of fused-ring (bicyclic) bond motifs is 1. The number of rotatable bonds is 3. The fourth-order valence-corrected chi connectivity index (χ4v) is 7.17. The normalized spacial score (nSPS) is 33.6. The van der Waals surface area contributed by atoms with E-state index in [-0.39, 0.29) is 22.9 Å². The molecule has 6 heteroatoms. The molecule has 30 heavy (non-hydrogen) atoms. The van der Waals surface area contributed by atoms with E-state index in [1.54, 1.807) is 18.5 Å². The largest absolute Gasteiger partial charge is 0.345 e. The van der Waals surface area contributed by atoms with Crippen molar-refractivity contribution < 1.29 is 9.59 Å². The van der Waals surface area contributed by atoms with Crippen LogP contribution in [0.5, 0.6) is 0 Å². The third-order valence-corrected chi connectivity index (χ3v) is 7.82. The van der Waals surface area contributed by atoms with Crippen molar-refractivity contribution in [2.45, 2.75) is 63.1 Å². The fourth-order valence-electron chi connectivity index (χ4n) is 7.17. The van der Waals surface area contributed by atoms with Crippen LogP contribution in [0.1, 0.15) is 70.6 Å². The Labute approximate surface area is 176 Å². The lowest BCUT2D eigenvalue weighted by atomic mass is 9.49. The van der Waals surface area contributed by atoms with Crippen LogP contribution in [0, 0.1) is 18.8 Å². The van der Waals surface area contributed by atoms with Gasteiger partial charge in [-0.2, -0.15) is 0 Å². The Morgan fingerprint density at radius 3 is 2.70 bits per heavy atom. The molecule has 0 spiro atoms. The van der Waals surface area contributed by atoms with Crippen LogP contribution in [-0.2, 0) is 6.54 Å². The lowest BCUT2D eigenvalue weighted by Crippen LogP contribution is -2.69. The topological polar surface area (TPSA) is 75.2 Å². The third-order valence-electron chi connectivity index (χ3n) is 7.82. The van der Waals surface area contributed by atoms with Crippen molar-refractivity contribution in [2.24, 2.45) is 11.8 Å². The molecule has 4 aliphatic carbocycles. The van der Waals surface area contributed by atoms with Crippen LogP contribution >= 0.6 is 0 Å². The van der Waals surface area contributed by atoms with Crippen molar-refractivity contribution >= 4 is 11.8 Å². The van der Waals surface area contributed by atoms with Crippen LogP contribution in [0.4, 0.5) is 0 Å². The number of nitrogens with zero attached hydrogens (tertiary/aromatic N) is 3. The zero-order chi connectivity index (χ0) is 20.5. The molecule has 3 heterocycles. The lowest BCUT2D eigenvalue weighted by molar-refractivity contribution is -0.0938. The Kier molecular flexibility index (Phi) is 3.68. The summed E-state index contributed by atoms with van der Waals surface area (Å²) >= 11 is 0. The maximum Gasteiger partial charge on any atom is 0.270 e. The minimum Gasteiger partial charge on any atom is -0.345 e. The van der Waals surface area contributed by atoms with Gasteiger partial charge in [0.1, 0.15) is 5.69 Å². The van der Waals surface area contributed by atoms with Gasteiger partial charge < -0.3 is 10.2 Å². The van der Waals surface area contributed by atoms with E-state index in [0.29, 0.717) is 24.1 Å². The smallest absolute Gasteiger partial charge is 0.270 e. The number of nitrogens with one attached hydrogen (secondary N) is 1. The molecular weight excluding hydrogens is 376 g/mol. The van der Waals surface area contributed by atoms with Crippen molar-refractivity contribution in [3.8, 4) is 0 Å². The SMILES string of the molecule is Cc1cccc(C(=O)NC23CC4CC(C2)CC(N2Cc5ccncc5C2=O)(C4)C3)n1. The van der Waals surface area contributed by atoms with Crippen molar-refractivity contribution in [2.75, 3.05) is 0 Å². The highest BCUT2D eigenvalue weighted by Crippen LogP contribution is 2.60. The third kappa shape index (κ3) is 2.62. The minimum absolute atomic E-state index is 0.0870. The number of carbonyl (C=O) groups excluding carboxylic acids is 2. The molecule has 2 unspecified atom stereocenters. The first-order valence-corrected chi connectivity index (χ1v) is 11.0. The van der Waals surface area contributed by atoms with Crippen LogP contribution in [0.3, 0.4) is 0 Å². The minimum atomic E-state index is -0.236. The molecule has 2 atom stereocenters. The average Bonchev–Trinajstić information content (AvgIpc) is 3.04. The van der Waals surface area contributed by atoms with E-state index in [2.05, 4.69) is 20.2 Å². The number of pyridine rings is 2. The summed E-state index contributed by atoms with van der Waals surface area (Å²) in [5.74, 6) is 1.15. The second-order valence-corrected chi connectivity index (χ2v) is 10.0. The average molecular weight is 402 g/mol. The molecule has 5 aliphatic rings. The van der Waals surface area contributed by atoms with E-state index < -0.39 is 0 Å². The fraction of sp³-hybridized carbons (Fsp3) is 0.500. The maximum absolute atomic E-state index is 13.3. The van der Waals surface area contributed by atoms with E-state index in [0.717, 1.165) is 48.9 Å². The van der Waals surface area contributed by atoms with Crippen molar-refractivity contribution in [3.63, 3.8) is 0 Å². The van der Waals surface area contributed by atoms with Gasteiger partial charge >= 0.3 is 0 Å². The molecule has 4 fully saturated rings. The van der Waals surface area contributed by atoms with E-state index >= 15 is 0 Å². The summed E-state index contributed by atoms with van der Waals surface area (Å²) in [6.07, 6.45) is 9.67. The summed E-state index contributed by atoms with van der Waals surface area (Å²) in [5, 5.41) is 3.40. The number of aromatic nitrogens is 2. The highest BCUT2D eigenvalue weighted by Gasteiger charge is 2.61. The molecule has 2 amide bonds. The first kappa shape index (κ1) is 18.0. The Hall–Kier alpha value is -2.76. The van der Waals surface area contributed by atoms with Gasteiger partial charge in [-0.15, -0.1) is 0 Å². The van der Waals surface area contributed by atoms with Crippen LogP contribution in [0.25, 0.3) is 0 Å². The van der Waals surface area contributed by atoms with Gasteiger partial charge in [-0.25, -0.2) is 4.98 Å². The van der Waals surface area contributed by atoms with Crippen LogP contribution in [0.2, 0.25) is 0 Å². The Balaban J connectivity index is 1.32. The van der Waals surface area contributed by atoms with Gasteiger partial charge in [-0.05, 0) is 81.0 Å². The molecule has 1 N–H and O–H groups in total. The summed E-state index contributed by atoms with van der Waals surface area (Å²) in [7, 11) is 0. The van der Waals surface area contributed by atoms with Gasteiger partial charge in [-0.1, -0.05) is 6.07 Å². The Morgan fingerprint density at radius 1 is 1.17 bits per heavy atom. The summed E-state index contributed by atoms with van der Waals surface area (Å²) in [5.41, 5.74) is 2.75. The molecule has 4 saturated carbocycles. The molecule has 6 nitrogen and oxygen atoms in total. The number of carbonyl (C=O) groups is 2. The van der Waals surface area contributed by atoms with Crippen LogP contribution in [0.15, 0.2) is 36.7 Å². The van der Waals surface area contributed by atoms with E-state index in [9.17, 15) is 9.59 Å². The molecule has 2 aromatic heterocycles. The number of amides is 2. The monoisotopic (exact) mass is 402 g/mol. The molecule has 0 radical (unpaired) electrons. The second-order valence-electron chi connectivity index (χ2n) is 10.0. The predicted octanol–water partition coefficient (Wildman–Crippen LogP) is 3.26. The lowest BCUT2D eigenvalue weighted by Gasteiger charge is -2.64. The zero-order valence-electron chi connectivity index (χ0n) is 17.2. The van der Waals surface area contributed by atoms with Crippen LogP contribution in [-0.4, -0.2) is 37.8 Å². The van der Waals surface area contributed by atoms with E-state index in [4.69, 9.17) is 0 Å². The molecule has 154 valence electrons. The molecule has 1 aliphatic heterocycles. The molecule has 7 rings (SSSR count). The quantitative estimate of drug-likeness (QED) is 0.855. The standard InChI is InChI=1S/C24H26N4O2/c1-15-3-2-4-20(26-15)21(29)27-23-8-16-7-17(9-23)11-24(10-16,14-23)28-13-18-5-6-25-12-19(18)22(28)30/h2-6,12,16-17H,7-11,13-14H2,1H3,(H,27,29). The molecule has 0 saturated heterocycles. The predicted molar refractivity (Wildman–Crippen MR) is 111 cm³/mol. The first-order chi connectivity index (χ1) is 14.5. The number of hydrogen-bond acceptors (Lipinski definition) is 4. The second kappa shape index (κ2) is 6.13. The Morgan fingerprint density at radius 2 is 1.97 bits per heavy atom. The highest BCUT2D eigenvalue weighted by atomic mass is 16.2. The highest BCUT2D eigenvalue weighted by molar-refractivity contribution is 5.98. The number of hydrogen-bond donors (Lipinski definition) is 1. The van der Waals surface area contributed by atoms with E-state index in [1.807, 2.05) is 25.1 Å². The molecular formula is C24H26N4O2. The summed E-state index contributed by atoms with van der Waals surface area (Å²) in [6, 6.07) is 7.54. The first-order valence-electron chi connectivity index (χ1n) is 11.0. The van der Waals surface area contributed by atoms with E-state index in [1.165, 1.54) is 6.42 Å². The van der Waals surface area contributed by atoms with Gasteiger partial charge in [-0.3, -0.25) is 14.6 Å². The van der Waals surface area contributed by atoms with Crippen molar-refractivity contribution in [1.29, 1.82) is 0 Å². The molecule has 2 aromatic rings. The Bertz CT molecular complexity index is 1050. The zero-order valence-corrected chi connectivity index (χ0v) is 17.2. The van der Waals surface area contributed by atoms with Gasteiger partial charge in [0.2, 0.25) is 0 Å². The van der Waals surface area contributed by atoms with Gasteiger partial charge in [0.05, 0.1) is 5.56 Å².